The number of rotatable bonds is 3. The van der Waals surface area contributed by atoms with Crippen molar-refractivity contribution in [3.05, 3.63) is 29.8 Å². The van der Waals surface area contributed by atoms with Gasteiger partial charge in [-0.2, -0.15) is 0 Å². The summed E-state index contributed by atoms with van der Waals surface area (Å²) in [7, 11) is 1.56. The summed E-state index contributed by atoms with van der Waals surface area (Å²) in [6, 6.07) is 7.08. The highest BCUT2D eigenvalue weighted by Gasteiger charge is 2.58. The summed E-state index contributed by atoms with van der Waals surface area (Å²) in [5.41, 5.74) is 1.27. The monoisotopic (exact) mass is 325 g/mol. The molecule has 126 valence electrons. The molecule has 2 heterocycles. The minimum absolute atomic E-state index is 0.0702. The zero-order valence-electron chi connectivity index (χ0n) is 12.5. The Balaban J connectivity index is 1.80. The van der Waals surface area contributed by atoms with E-state index < -0.39 is 36.8 Å². The second-order valence-corrected chi connectivity index (χ2v) is 5.61. The zero-order chi connectivity index (χ0) is 16.6. The van der Waals surface area contributed by atoms with Gasteiger partial charge in [0.1, 0.15) is 24.1 Å². The molecule has 1 aromatic rings. The van der Waals surface area contributed by atoms with Crippen LogP contribution in [0.15, 0.2) is 29.4 Å². The summed E-state index contributed by atoms with van der Waals surface area (Å²) in [4.78, 5) is 5.27. The molecule has 2 aliphatic heterocycles. The van der Waals surface area contributed by atoms with E-state index in [0.29, 0.717) is 11.5 Å². The third-order valence-electron chi connectivity index (χ3n) is 4.18. The first-order chi connectivity index (χ1) is 11.0. The molecular weight excluding hydrogens is 306 g/mol. The number of ether oxygens (including phenoxy) is 2. The Morgan fingerprint density at radius 1 is 1.22 bits per heavy atom. The van der Waals surface area contributed by atoms with Crippen molar-refractivity contribution in [1.82, 2.24) is 0 Å². The van der Waals surface area contributed by atoms with Gasteiger partial charge in [0.2, 0.25) is 0 Å². The van der Waals surface area contributed by atoms with Crippen molar-refractivity contribution in [3.63, 3.8) is 0 Å². The van der Waals surface area contributed by atoms with Gasteiger partial charge in [0.25, 0.3) is 5.79 Å². The van der Waals surface area contributed by atoms with E-state index >= 15 is 0 Å². The molecule has 1 aromatic carbocycles. The van der Waals surface area contributed by atoms with Crippen molar-refractivity contribution in [3.8, 4) is 5.75 Å². The Labute approximate surface area is 132 Å². The average molecular weight is 325 g/mol. The number of aliphatic hydroxyl groups is 4. The fourth-order valence-corrected chi connectivity index (χ4v) is 2.80. The highest BCUT2D eigenvalue weighted by Crippen LogP contribution is 2.38. The number of hydrogen-bond donors (Lipinski definition) is 4. The molecule has 8 nitrogen and oxygen atoms in total. The summed E-state index contributed by atoms with van der Waals surface area (Å²) in [6.45, 7) is -0.520. The van der Waals surface area contributed by atoms with Crippen LogP contribution >= 0.6 is 0 Å². The van der Waals surface area contributed by atoms with Gasteiger partial charge in [-0.05, 0) is 29.8 Å². The van der Waals surface area contributed by atoms with Crippen LogP contribution in [0.25, 0.3) is 0 Å². The SMILES string of the molecule is COc1ccc(C2=NO[C@@]3(C2)O[C@H](CO)[C@@H](O)[C@H](O)[C@H]3O)cc1. The number of oxime groups is 1. The fraction of sp³-hybridized carbons (Fsp3) is 0.533. The maximum absolute atomic E-state index is 10.2. The quantitative estimate of drug-likeness (QED) is 0.562. The standard InChI is InChI=1S/C15H19NO7/c1-21-9-4-2-8(3-5-9)10-6-15(23-16-10)14(20)13(19)12(18)11(7-17)22-15/h2-5,11-14,17-20H,6-7H2,1H3/t11-,12-,13+,14-,15-/m1/s1. The lowest BCUT2D eigenvalue weighted by Crippen LogP contribution is -2.65. The minimum atomic E-state index is -1.62. The molecule has 3 rings (SSSR count). The van der Waals surface area contributed by atoms with Crippen molar-refractivity contribution < 1.29 is 34.7 Å². The Kier molecular flexibility index (Phi) is 4.26. The van der Waals surface area contributed by atoms with Crippen molar-refractivity contribution in [2.45, 2.75) is 36.6 Å². The molecule has 1 fully saturated rings. The van der Waals surface area contributed by atoms with E-state index in [0.717, 1.165) is 5.56 Å². The zero-order valence-corrected chi connectivity index (χ0v) is 12.5. The minimum Gasteiger partial charge on any atom is -0.497 e. The van der Waals surface area contributed by atoms with E-state index in [9.17, 15) is 20.4 Å². The number of hydrogen-bond acceptors (Lipinski definition) is 8. The Morgan fingerprint density at radius 2 is 1.91 bits per heavy atom. The highest BCUT2D eigenvalue weighted by atomic mass is 16.8. The van der Waals surface area contributed by atoms with Gasteiger partial charge in [-0.3, -0.25) is 0 Å². The molecule has 2 aliphatic rings. The molecule has 1 spiro atoms. The Bertz CT molecular complexity index is 588. The molecule has 4 N–H and O–H groups in total. The number of aliphatic hydroxyl groups excluding tert-OH is 4. The Morgan fingerprint density at radius 3 is 2.52 bits per heavy atom. The van der Waals surface area contributed by atoms with E-state index in [-0.39, 0.29) is 6.42 Å². The molecule has 0 amide bonds. The van der Waals surface area contributed by atoms with Crippen LogP contribution in [0.4, 0.5) is 0 Å². The highest BCUT2D eigenvalue weighted by molar-refractivity contribution is 6.01. The molecule has 0 saturated carbocycles. The molecule has 0 bridgehead atoms. The number of benzene rings is 1. The molecule has 8 heteroatoms. The van der Waals surface area contributed by atoms with Crippen LogP contribution in [0.5, 0.6) is 5.75 Å². The second-order valence-electron chi connectivity index (χ2n) is 5.61. The predicted octanol–water partition coefficient (Wildman–Crippen LogP) is -1.01. The smallest absolute Gasteiger partial charge is 0.271 e. The van der Waals surface area contributed by atoms with E-state index in [2.05, 4.69) is 5.16 Å². The van der Waals surface area contributed by atoms with Crippen molar-refractivity contribution in [2.24, 2.45) is 5.16 Å². The first-order valence-electron chi connectivity index (χ1n) is 7.23. The van der Waals surface area contributed by atoms with Crippen LogP contribution in [0.3, 0.4) is 0 Å². The van der Waals surface area contributed by atoms with Crippen LogP contribution in [-0.4, -0.2) is 70.1 Å². The van der Waals surface area contributed by atoms with Gasteiger partial charge >= 0.3 is 0 Å². The molecule has 1 saturated heterocycles. The van der Waals surface area contributed by atoms with E-state index in [1.165, 1.54) is 0 Å². The van der Waals surface area contributed by atoms with E-state index in [4.69, 9.17) is 14.3 Å². The largest absolute Gasteiger partial charge is 0.497 e. The van der Waals surface area contributed by atoms with Crippen LogP contribution < -0.4 is 4.74 Å². The van der Waals surface area contributed by atoms with E-state index in [1.54, 1.807) is 31.4 Å². The van der Waals surface area contributed by atoms with Crippen LogP contribution in [0.1, 0.15) is 12.0 Å². The van der Waals surface area contributed by atoms with Crippen molar-refractivity contribution >= 4 is 5.71 Å². The molecule has 23 heavy (non-hydrogen) atoms. The topological polar surface area (TPSA) is 121 Å². The van der Waals surface area contributed by atoms with Gasteiger partial charge in [-0.25, -0.2) is 0 Å². The van der Waals surface area contributed by atoms with Gasteiger partial charge in [0.05, 0.1) is 25.8 Å². The van der Waals surface area contributed by atoms with Crippen molar-refractivity contribution in [1.29, 1.82) is 0 Å². The molecule has 0 unspecified atom stereocenters. The summed E-state index contributed by atoms with van der Waals surface area (Å²) in [5, 5.41) is 43.2. The summed E-state index contributed by atoms with van der Waals surface area (Å²) in [5.74, 6) is -0.933. The maximum Gasteiger partial charge on any atom is 0.271 e. The summed E-state index contributed by atoms with van der Waals surface area (Å²) < 4.78 is 10.6. The van der Waals surface area contributed by atoms with Gasteiger partial charge in [-0.15, -0.1) is 0 Å². The lowest BCUT2D eigenvalue weighted by molar-refractivity contribution is -0.355. The first kappa shape index (κ1) is 16.2. The van der Waals surface area contributed by atoms with E-state index in [1.807, 2.05) is 0 Å². The molecule has 0 radical (unpaired) electrons. The van der Waals surface area contributed by atoms with Crippen LogP contribution in [0, 0.1) is 0 Å². The van der Waals surface area contributed by atoms with Crippen LogP contribution in [0.2, 0.25) is 0 Å². The average Bonchev–Trinajstić information content (AvgIpc) is 3.02. The third-order valence-corrected chi connectivity index (χ3v) is 4.18. The lowest BCUT2D eigenvalue weighted by Gasteiger charge is -2.44. The maximum atomic E-state index is 10.2. The third kappa shape index (κ3) is 2.68. The second kappa shape index (κ2) is 6.06. The fourth-order valence-electron chi connectivity index (χ4n) is 2.80. The molecule has 0 aliphatic carbocycles. The van der Waals surface area contributed by atoms with Crippen molar-refractivity contribution in [2.75, 3.05) is 13.7 Å². The Hall–Kier alpha value is -1.71. The summed E-state index contributed by atoms with van der Waals surface area (Å²) in [6.07, 6.45) is -5.42. The van der Waals surface area contributed by atoms with Gasteiger partial charge < -0.3 is 34.7 Å². The predicted molar refractivity (Wildman–Crippen MR) is 77.9 cm³/mol. The normalized spacial score (nSPS) is 36.7. The summed E-state index contributed by atoms with van der Waals surface area (Å²) >= 11 is 0. The molecule has 5 atom stereocenters. The number of nitrogens with zero attached hydrogens (tertiary/aromatic N) is 1. The number of methoxy groups -OCH3 is 1. The first-order valence-corrected chi connectivity index (χ1v) is 7.23. The lowest BCUT2D eigenvalue weighted by atomic mass is 9.89. The van der Waals surface area contributed by atoms with Crippen LogP contribution in [-0.2, 0) is 9.57 Å². The molecular formula is C15H19NO7. The van der Waals surface area contributed by atoms with Gasteiger partial charge in [0, 0.05) is 0 Å². The molecule has 0 aromatic heterocycles. The van der Waals surface area contributed by atoms with Gasteiger partial charge in [-0.1, -0.05) is 5.16 Å². The van der Waals surface area contributed by atoms with Gasteiger partial charge in [0.15, 0.2) is 6.10 Å².